The van der Waals surface area contributed by atoms with Gasteiger partial charge in [0, 0.05) is 10.8 Å². The van der Waals surface area contributed by atoms with Crippen LogP contribution in [0.25, 0.3) is 54.6 Å². The lowest BCUT2D eigenvalue weighted by atomic mass is 9.91. The number of fused-ring (bicyclic) bond motifs is 6. The normalized spacial score (nSPS) is 11.7. The van der Waals surface area contributed by atoms with Crippen LogP contribution in [0.4, 0.5) is 0 Å². The molecule has 0 saturated heterocycles. The monoisotopic (exact) mass is 344 g/mol. The van der Waals surface area contributed by atoms with Crippen LogP contribution in [0.2, 0.25) is 0 Å². The van der Waals surface area contributed by atoms with Gasteiger partial charge in [-0.1, -0.05) is 84.9 Å². The highest BCUT2D eigenvalue weighted by atomic mass is 16.3. The Morgan fingerprint density at radius 1 is 0.407 bits per heavy atom. The van der Waals surface area contributed by atoms with Gasteiger partial charge in [-0.15, -0.1) is 0 Å². The Labute approximate surface area is 156 Å². The van der Waals surface area contributed by atoms with E-state index in [-0.39, 0.29) is 0 Å². The van der Waals surface area contributed by atoms with Crippen LogP contribution in [0.15, 0.2) is 101 Å². The van der Waals surface area contributed by atoms with Gasteiger partial charge >= 0.3 is 0 Å². The van der Waals surface area contributed by atoms with Crippen molar-refractivity contribution in [2.24, 2.45) is 0 Å². The molecule has 0 bridgehead atoms. The molecule has 0 aliphatic carbocycles. The fourth-order valence-corrected chi connectivity index (χ4v) is 4.28. The Balaban J connectivity index is 1.83. The van der Waals surface area contributed by atoms with E-state index in [1.54, 1.807) is 0 Å². The zero-order valence-electron chi connectivity index (χ0n) is 14.6. The van der Waals surface area contributed by atoms with Gasteiger partial charge < -0.3 is 4.42 Å². The molecule has 5 aromatic carbocycles. The number of benzene rings is 5. The number of furan rings is 1. The summed E-state index contributed by atoms with van der Waals surface area (Å²) in [6.45, 7) is 0. The molecule has 0 spiro atoms. The largest absolute Gasteiger partial charge is 0.456 e. The van der Waals surface area contributed by atoms with Crippen molar-refractivity contribution in [1.29, 1.82) is 0 Å². The molecule has 27 heavy (non-hydrogen) atoms. The third kappa shape index (κ3) is 2.06. The minimum atomic E-state index is 0.935. The van der Waals surface area contributed by atoms with Crippen LogP contribution < -0.4 is 0 Å². The molecule has 126 valence electrons. The van der Waals surface area contributed by atoms with E-state index in [9.17, 15) is 0 Å². The first kappa shape index (κ1) is 14.6. The van der Waals surface area contributed by atoms with Gasteiger partial charge in [0.25, 0.3) is 0 Å². The second-order valence-electron chi connectivity index (χ2n) is 6.97. The summed E-state index contributed by atoms with van der Waals surface area (Å²) in [6, 6.07) is 34.2. The van der Waals surface area contributed by atoms with Gasteiger partial charge in [0.1, 0.15) is 11.2 Å². The number of hydrogen-bond acceptors (Lipinski definition) is 1. The summed E-state index contributed by atoms with van der Waals surface area (Å²) >= 11 is 0. The third-order valence-electron chi connectivity index (χ3n) is 5.46. The molecular formula is C26H16O. The van der Waals surface area contributed by atoms with Crippen LogP contribution >= 0.6 is 0 Å². The van der Waals surface area contributed by atoms with Gasteiger partial charge in [0.15, 0.2) is 0 Å². The average molecular weight is 344 g/mol. The topological polar surface area (TPSA) is 13.1 Å². The lowest BCUT2D eigenvalue weighted by Crippen LogP contribution is -1.85. The van der Waals surface area contributed by atoms with Gasteiger partial charge in [-0.3, -0.25) is 0 Å². The molecule has 0 N–H and O–H groups in total. The van der Waals surface area contributed by atoms with Crippen molar-refractivity contribution < 1.29 is 4.42 Å². The van der Waals surface area contributed by atoms with Crippen molar-refractivity contribution in [2.45, 2.75) is 0 Å². The van der Waals surface area contributed by atoms with Crippen molar-refractivity contribution >= 4 is 43.5 Å². The molecule has 0 fully saturated rings. The highest BCUT2D eigenvalue weighted by molar-refractivity contribution is 6.20. The SMILES string of the molecule is c1ccc2c(c1)ccc1cccc(-c3cccc4oc5ccccc5c34)c12. The minimum absolute atomic E-state index is 0.935. The van der Waals surface area contributed by atoms with Gasteiger partial charge in [-0.25, -0.2) is 0 Å². The summed E-state index contributed by atoms with van der Waals surface area (Å²) in [5.74, 6) is 0. The zero-order chi connectivity index (χ0) is 17.8. The highest BCUT2D eigenvalue weighted by Gasteiger charge is 2.14. The predicted octanol–water partition coefficient (Wildman–Crippen LogP) is 7.56. The quantitative estimate of drug-likeness (QED) is 0.280. The summed E-state index contributed by atoms with van der Waals surface area (Å²) in [5, 5.41) is 7.47. The Kier molecular flexibility index (Phi) is 2.95. The molecule has 0 atom stereocenters. The first-order valence-corrected chi connectivity index (χ1v) is 9.21. The molecule has 1 nitrogen and oxygen atoms in total. The molecule has 0 aliphatic heterocycles. The van der Waals surface area contributed by atoms with Crippen LogP contribution in [0.3, 0.4) is 0 Å². The van der Waals surface area contributed by atoms with E-state index >= 15 is 0 Å². The number of rotatable bonds is 1. The minimum Gasteiger partial charge on any atom is -0.456 e. The summed E-state index contributed by atoms with van der Waals surface area (Å²) < 4.78 is 6.11. The van der Waals surface area contributed by atoms with E-state index in [2.05, 4.69) is 84.9 Å². The summed E-state index contributed by atoms with van der Waals surface area (Å²) in [6.07, 6.45) is 0. The molecule has 6 aromatic rings. The van der Waals surface area contributed by atoms with Crippen molar-refractivity contribution in [2.75, 3.05) is 0 Å². The molecule has 6 rings (SSSR count). The fraction of sp³-hybridized carbons (Fsp3) is 0. The van der Waals surface area contributed by atoms with Crippen LogP contribution in [-0.2, 0) is 0 Å². The summed E-state index contributed by atoms with van der Waals surface area (Å²) in [7, 11) is 0. The van der Waals surface area contributed by atoms with Crippen LogP contribution in [0, 0.1) is 0 Å². The number of hydrogen-bond donors (Lipinski definition) is 0. The highest BCUT2D eigenvalue weighted by Crippen LogP contribution is 2.40. The first-order chi connectivity index (χ1) is 13.4. The molecule has 0 radical (unpaired) electrons. The lowest BCUT2D eigenvalue weighted by molar-refractivity contribution is 0.669. The Bertz CT molecular complexity index is 1470. The molecule has 0 amide bonds. The van der Waals surface area contributed by atoms with Crippen molar-refractivity contribution in [1.82, 2.24) is 0 Å². The maximum absolute atomic E-state index is 6.11. The van der Waals surface area contributed by atoms with Crippen molar-refractivity contribution in [3.05, 3.63) is 97.1 Å². The predicted molar refractivity (Wildman–Crippen MR) is 114 cm³/mol. The molecule has 0 unspecified atom stereocenters. The average Bonchev–Trinajstić information content (AvgIpc) is 3.12. The molecule has 0 aliphatic rings. The maximum Gasteiger partial charge on any atom is 0.136 e. The van der Waals surface area contributed by atoms with E-state index in [1.165, 1.54) is 43.4 Å². The van der Waals surface area contributed by atoms with E-state index in [1.807, 2.05) is 12.1 Å². The molecule has 1 heteroatoms. The maximum atomic E-state index is 6.11. The Morgan fingerprint density at radius 3 is 1.96 bits per heavy atom. The van der Waals surface area contributed by atoms with Crippen LogP contribution in [0.1, 0.15) is 0 Å². The van der Waals surface area contributed by atoms with E-state index in [0.29, 0.717) is 0 Å². The molecule has 1 aromatic heterocycles. The van der Waals surface area contributed by atoms with Crippen molar-refractivity contribution in [3.63, 3.8) is 0 Å². The van der Waals surface area contributed by atoms with Gasteiger partial charge in [-0.2, -0.15) is 0 Å². The van der Waals surface area contributed by atoms with Crippen LogP contribution in [0.5, 0.6) is 0 Å². The molecule has 1 heterocycles. The number of para-hydroxylation sites is 1. The zero-order valence-corrected chi connectivity index (χ0v) is 14.6. The second-order valence-corrected chi connectivity index (χ2v) is 6.97. The summed E-state index contributed by atoms with van der Waals surface area (Å²) in [5.41, 5.74) is 4.34. The summed E-state index contributed by atoms with van der Waals surface area (Å²) in [4.78, 5) is 0. The van der Waals surface area contributed by atoms with Gasteiger partial charge in [0.2, 0.25) is 0 Å². The lowest BCUT2D eigenvalue weighted by Gasteiger charge is -2.11. The van der Waals surface area contributed by atoms with Crippen LogP contribution in [-0.4, -0.2) is 0 Å². The van der Waals surface area contributed by atoms with E-state index in [0.717, 1.165) is 11.2 Å². The van der Waals surface area contributed by atoms with Gasteiger partial charge in [-0.05, 0) is 44.8 Å². The Morgan fingerprint density at radius 2 is 1.04 bits per heavy atom. The van der Waals surface area contributed by atoms with Gasteiger partial charge in [0.05, 0.1) is 0 Å². The standard InChI is InChI=1S/C26H16O/c1-2-9-19-17(7-1)15-16-18-8-5-11-20(25(18)19)21-12-6-14-24-26(21)22-10-3-4-13-23(22)27-24/h1-16H. The van der Waals surface area contributed by atoms with E-state index in [4.69, 9.17) is 4.42 Å². The first-order valence-electron chi connectivity index (χ1n) is 9.21. The van der Waals surface area contributed by atoms with Crippen molar-refractivity contribution in [3.8, 4) is 11.1 Å². The fourth-order valence-electron chi connectivity index (χ4n) is 4.28. The Hall–Kier alpha value is -3.58. The second kappa shape index (κ2) is 5.46. The molecular weight excluding hydrogens is 328 g/mol. The smallest absolute Gasteiger partial charge is 0.136 e. The molecule has 0 saturated carbocycles. The van der Waals surface area contributed by atoms with E-state index < -0.39 is 0 Å². The third-order valence-corrected chi connectivity index (χ3v) is 5.46.